The Balaban J connectivity index is 2.20. The molecule has 0 fully saturated rings. The number of ether oxygens (including phenoxy) is 2. The first-order chi connectivity index (χ1) is 10.6. The highest BCUT2D eigenvalue weighted by molar-refractivity contribution is 5.90. The summed E-state index contributed by atoms with van der Waals surface area (Å²) in [7, 11) is 1.33. The fourth-order valence-electron chi connectivity index (χ4n) is 1.79. The Bertz CT molecular complexity index is 705. The molecular formula is C17H15NO4. The van der Waals surface area contributed by atoms with E-state index in [4.69, 9.17) is 10.5 Å². The van der Waals surface area contributed by atoms with E-state index in [1.807, 2.05) is 12.1 Å². The van der Waals surface area contributed by atoms with Gasteiger partial charge in [-0.1, -0.05) is 18.2 Å². The number of carbonyl (C=O) groups excluding carboxylic acids is 2. The van der Waals surface area contributed by atoms with E-state index in [-0.39, 0.29) is 0 Å². The lowest BCUT2D eigenvalue weighted by molar-refractivity contribution is -0.113. The Morgan fingerprint density at radius 3 is 2.36 bits per heavy atom. The third-order valence-electron chi connectivity index (χ3n) is 2.85. The van der Waals surface area contributed by atoms with E-state index in [0.29, 0.717) is 17.1 Å². The van der Waals surface area contributed by atoms with Gasteiger partial charge in [-0.05, 0) is 36.4 Å². The van der Waals surface area contributed by atoms with Crippen molar-refractivity contribution in [2.24, 2.45) is 5.73 Å². The zero-order chi connectivity index (χ0) is 15.9. The maximum Gasteiger partial charge on any atom is 0.337 e. The molecule has 0 atom stereocenters. The Morgan fingerprint density at radius 2 is 1.73 bits per heavy atom. The zero-order valence-corrected chi connectivity index (χ0v) is 12.0. The summed E-state index contributed by atoms with van der Waals surface area (Å²) in [5.74, 6) is 0.201. The third-order valence-corrected chi connectivity index (χ3v) is 2.85. The number of para-hydroxylation sites is 1. The van der Waals surface area contributed by atoms with Crippen LogP contribution < -0.4 is 10.5 Å². The fraction of sp³-hybridized carbons (Fsp3) is 0.0588. The number of methoxy groups -OCH3 is 1. The van der Waals surface area contributed by atoms with Gasteiger partial charge in [-0.3, -0.25) is 4.79 Å². The van der Waals surface area contributed by atoms with Crippen molar-refractivity contribution < 1.29 is 19.1 Å². The monoisotopic (exact) mass is 297 g/mol. The van der Waals surface area contributed by atoms with Crippen molar-refractivity contribution in [2.45, 2.75) is 0 Å². The molecule has 5 heteroatoms. The summed E-state index contributed by atoms with van der Waals surface area (Å²) in [5, 5.41) is 0. The lowest BCUT2D eigenvalue weighted by Gasteiger charge is -2.09. The smallest absolute Gasteiger partial charge is 0.337 e. The highest BCUT2D eigenvalue weighted by atomic mass is 16.5. The Kier molecular flexibility index (Phi) is 4.93. The Morgan fingerprint density at radius 1 is 1.05 bits per heavy atom. The molecule has 0 unspecified atom stereocenters. The van der Waals surface area contributed by atoms with Crippen LogP contribution in [0.2, 0.25) is 0 Å². The number of nitrogens with two attached hydrogens (primary N) is 1. The number of rotatable bonds is 5. The Labute approximate surface area is 128 Å². The average Bonchev–Trinajstić information content (AvgIpc) is 2.54. The van der Waals surface area contributed by atoms with Crippen molar-refractivity contribution in [3.63, 3.8) is 0 Å². The molecule has 2 N–H and O–H groups in total. The minimum absolute atomic E-state index is 0.406. The van der Waals surface area contributed by atoms with E-state index < -0.39 is 11.9 Å². The molecule has 0 heterocycles. The van der Waals surface area contributed by atoms with Gasteiger partial charge in [-0.25, -0.2) is 4.79 Å². The normalized spacial score (nSPS) is 10.4. The van der Waals surface area contributed by atoms with Crippen molar-refractivity contribution in [3.05, 3.63) is 65.7 Å². The van der Waals surface area contributed by atoms with Crippen LogP contribution in [0.25, 0.3) is 6.08 Å². The van der Waals surface area contributed by atoms with Crippen LogP contribution in [0.3, 0.4) is 0 Å². The largest absolute Gasteiger partial charge is 0.465 e. The van der Waals surface area contributed by atoms with Crippen LogP contribution in [0.15, 0.2) is 54.6 Å². The van der Waals surface area contributed by atoms with Crippen LogP contribution in [-0.4, -0.2) is 19.0 Å². The summed E-state index contributed by atoms with van der Waals surface area (Å²) < 4.78 is 10.4. The molecule has 5 nitrogen and oxygen atoms in total. The van der Waals surface area contributed by atoms with Crippen molar-refractivity contribution in [1.82, 2.24) is 0 Å². The van der Waals surface area contributed by atoms with Gasteiger partial charge in [-0.2, -0.15) is 0 Å². The molecule has 0 aliphatic heterocycles. The van der Waals surface area contributed by atoms with Gasteiger partial charge in [0.1, 0.15) is 11.5 Å². The molecule has 0 radical (unpaired) electrons. The second kappa shape index (κ2) is 7.08. The molecule has 2 rings (SSSR count). The molecule has 22 heavy (non-hydrogen) atoms. The summed E-state index contributed by atoms with van der Waals surface area (Å²) in [4.78, 5) is 22.2. The van der Waals surface area contributed by atoms with Crippen molar-refractivity contribution >= 4 is 18.0 Å². The van der Waals surface area contributed by atoms with E-state index in [9.17, 15) is 9.59 Å². The molecule has 0 aromatic heterocycles. The molecule has 0 saturated carbocycles. The van der Waals surface area contributed by atoms with Crippen molar-refractivity contribution in [1.29, 1.82) is 0 Å². The number of hydrogen-bond donors (Lipinski definition) is 1. The van der Waals surface area contributed by atoms with Crippen molar-refractivity contribution in [2.75, 3.05) is 7.11 Å². The quantitative estimate of drug-likeness (QED) is 0.680. The van der Waals surface area contributed by atoms with Gasteiger partial charge in [0.2, 0.25) is 5.91 Å². The van der Waals surface area contributed by atoms with E-state index >= 15 is 0 Å². The molecule has 0 saturated heterocycles. The van der Waals surface area contributed by atoms with Gasteiger partial charge < -0.3 is 15.2 Å². The van der Waals surface area contributed by atoms with Gasteiger partial charge in [0.15, 0.2) is 0 Å². The number of carbonyl (C=O) groups is 2. The number of benzene rings is 2. The minimum atomic E-state index is -0.530. The number of hydrogen-bond acceptors (Lipinski definition) is 4. The lowest BCUT2D eigenvalue weighted by Crippen LogP contribution is -2.05. The zero-order valence-electron chi connectivity index (χ0n) is 12.0. The summed E-state index contributed by atoms with van der Waals surface area (Å²) in [6.07, 6.45) is 2.85. The first kappa shape index (κ1) is 15.3. The average molecular weight is 297 g/mol. The molecule has 0 bridgehead atoms. The van der Waals surface area contributed by atoms with Crippen LogP contribution in [-0.2, 0) is 9.53 Å². The molecular weight excluding hydrogens is 282 g/mol. The summed E-state index contributed by atoms with van der Waals surface area (Å²) in [6, 6.07) is 13.8. The van der Waals surface area contributed by atoms with Crippen molar-refractivity contribution in [3.8, 4) is 11.5 Å². The summed E-state index contributed by atoms with van der Waals surface area (Å²) in [6.45, 7) is 0. The highest BCUT2D eigenvalue weighted by Crippen LogP contribution is 2.26. The van der Waals surface area contributed by atoms with E-state index in [1.165, 1.54) is 13.2 Å². The number of primary amides is 1. The van der Waals surface area contributed by atoms with Crippen LogP contribution in [0.5, 0.6) is 11.5 Å². The van der Waals surface area contributed by atoms with Crippen LogP contribution in [0.4, 0.5) is 0 Å². The standard InChI is InChI=1S/C17H15NO4/c1-21-17(20)13-6-9-14(10-7-13)22-15-5-3-2-4-12(15)8-11-16(18)19/h2-11H,1H3,(H2,18,19)/b11-8-. The molecule has 0 aliphatic rings. The highest BCUT2D eigenvalue weighted by Gasteiger charge is 2.06. The summed E-state index contributed by atoms with van der Waals surface area (Å²) in [5.41, 5.74) is 6.25. The first-order valence-electron chi connectivity index (χ1n) is 6.53. The van der Waals surface area contributed by atoms with Gasteiger partial charge >= 0.3 is 5.97 Å². The molecule has 2 aromatic carbocycles. The summed E-state index contributed by atoms with van der Waals surface area (Å²) >= 11 is 0. The maximum absolute atomic E-state index is 11.4. The SMILES string of the molecule is COC(=O)c1ccc(Oc2ccccc2/C=C\C(N)=O)cc1. The fourth-order valence-corrected chi connectivity index (χ4v) is 1.79. The first-order valence-corrected chi connectivity index (χ1v) is 6.53. The van der Waals surface area contributed by atoms with Gasteiger partial charge in [0.25, 0.3) is 0 Å². The van der Waals surface area contributed by atoms with Crippen LogP contribution in [0, 0.1) is 0 Å². The predicted octanol–water partition coefficient (Wildman–Crippen LogP) is 2.76. The Hall–Kier alpha value is -3.08. The molecule has 0 spiro atoms. The number of amides is 1. The third kappa shape index (κ3) is 3.96. The maximum atomic E-state index is 11.4. The van der Waals surface area contributed by atoms with E-state index in [2.05, 4.69) is 4.74 Å². The van der Waals surface area contributed by atoms with E-state index in [1.54, 1.807) is 42.5 Å². The van der Waals surface area contributed by atoms with E-state index in [0.717, 1.165) is 5.56 Å². The lowest BCUT2D eigenvalue weighted by atomic mass is 10.2. The second-order valence-electron chi connectivity index (χ2n) is 4.39. The molecule has 112 valence electrons. The predicted molar refractivity (Wildman–Crippen MR) is 82.5 cm³/mol. The van der Waals surface area contributed by atoms with Gasteiger partial charge in [0.05, 0.1) is 12.7 Å². The van der Waals surface area contributed by atoms with Gasteiger partial charge in [-0.15, -0.1) is 0 Å². The second-order valence-corrected chi connectivity index (χ2v) is 4.39. The van der Waals surface area contributed by atoms with Crippen LogP contribution >= 0.6 is 0 Å². The topological polar surface area (TPSA) is 78.6 Å². The molecule has 1 amide bonds. The molecule has 2 aromatic rings. The number of esters is 1. The van der Waals surface area contributed by atoms with Crippen LogP contribution in [0.1, 0.15) is 15.9 Å². The van der Waals surface area contributed by atoms with Gasteiger partial charge in [0, 0.05) is 11.6 Å². The minimum Gasteiger partial charge on any atom is -0.465 e. The molecule has 0 aliphatic carbocycles.